The zero-order chi connectivity index (χ0) is 14.5. The van der Waals surface area contributed by atoms with Crippen LogP contribution in [0.15, 0.2) is 39.5 Å². The summed E-state index contributed by atoms with van der Waals surface area (Å²) in [5, 5.41) is 5.82. The Labute approximate surface area is 134 Å². The second-order valence-corrected chi connectivity index (χ2v) is 7.69. The summed E-state index contributed by atoms with van der Waals surface area (Å²) < 4.78 is 1.20. The molecule has 0 amide bonds. The van der Waals surface area contributed by atoms with E-state index in [4.69, 9.17) is 0 Å². The van der Waals surface area contributed by atoms with Crippen molar-refractivity contribution in [3.05, 3.63) is 56.2 Å². The SMILES string of the molecule is CCNC(Cc1ccc(C(C)C)cc1)c1csc(Br)c1. The zero-order valence-corrected chi connectivity index (χ0v) is 14.7. The fraction of sp³-hybridized carbons (Fsp3) is 0.412. The number of halogens is 1. The van der Waals surface area contributed by atoms with E-state index < -0.39 is 0 Å². The molecule has 1 aromatic heterocycles. The summed E-state index contributed by atoms with van der Waals surface area (Å²) in [6.07, 6.45) is 1.04. The smallest absolute Gasteiger partial charge is 0.0701 e. The van der Waals surface area contributed by atoms with Gasteiger partial charge < -0.3 is 5.32 Å². The maximum absolute atomic E-state index is 3.58. The number of nitrogens with one attached hydrogen (secondary N) is 1. The molecule has 108 valence electrons. The van der Waals surface area contributed by atoms with Crippen molar-refractivity contribution in [1.82, 2.24) is 5.32 Å². The molecule has 2 rings (SSSR count). The second kappa shape index (κ2) is 7.39. The Balaban J connectivity index is 2.11. The van der Waals surface area contributed by atoms with Crippen LogP contribution in [0, 0.1) is 0 Å². The number of benzene rings is 1. The van der Waals surface area contributed by atoms with Crippen molar-refractivity contribution in [2.75, 3.05) is 6.54 Å². The molecule has 1 unspecified atom stereocenters. The monoisotopic (exact) mass is 351 g/mol. The van der Waals surface area contributed by atoms with Crippen molar-refractivity contribution in [3.8, 4) is 0 Å². The highest BCUT2D eigenvalue weighted by Gasteiger charge is 2.13. The lowest BCUT2D eigenvalue weighted by molar-refractivity contribution is 0.551. The lowest BCUT2D eigenvalue weighted by atomic mass is 9.97. The van der Waals surface area contributed by atoms with Gasteiger partial charge in [0, 0.05) is 6.04 Å². The van der Waals surface area contributed by atoms with E-state index in [9.17, 15) is 0 Å². The summed E-state index contributed by atoms with van der Waals surface area (Å²) in [6.45, 7) is 7.62. The lowest BCUT2D eigenvalue weighted by Crippen LogP contribution is -2.22. The van der Waals surface area contributed by atoms with Crippen LogP contribution in [0.4, 0.5) is 0 Å². The quantitative estimate of drug-likeness (QED) is 0.721. The van der Waals surface area contributed by atoms with E-state index in [1.807, 2.05) is 0 Å². The number of rotatable bonds is 6. The first-order valence-electron chi connectivity index (χ1n) is 7.16. The normalized spacial score (nSPS) is 12.8. The highest BCUT2D eigenvalue weighted by Crippen LogP contribution is 2.27. The summed E-state index contributed by atoms with van der Waals surface area (Å²) in [5.41, 5.74) is 4.17. The Kier molecular flexibility index (Phi) is 5.82. The molecule has 20 heavy (non-hydrogen) atoms. The largest absolute Gasteiger partial charge is 0.310 e. The van der Waals surface area contributed by atoms with E-state index in [0.717, 1.165) is 13.0 Å². The fourth-order valence-corrected chi connectivity index (χ4v) is 3.56. The molecule has 0 saturated carbocycles. The first-order valence-corrected chi connectivity index (χ1v) is 8.83. The topological polar surface area (TPSA) is 12.0 Å². The average molecular weight is 352 g/mol. The van der Waals surface area contributed by atoms with Gasteiger partial charge in [-0.3, -0.25) is 0 Å². The average Bonchev–Trinajstić information content (AvgIpc) is 2.85. The van der Waals surface area contributed by atoms with Crippen LogP contribution in [0.5, 0.6) is 0 Å². The predicted molar refractivity (Wildman–Crippen MR) is 92.7 cm³/mol. The number of hydrogen-bond acceptors (Lipinski definition) is 2. The van der Waals surface area contributed by atoms with Gasteiger partial charge >= 0.3 is 0 Å². The summed E-state index contributed by atoms with van der Waals surface area (Å²) in [7, 11) is 0. The van der Waals surface area contributed by atoms with Crippen LogP contribution in [-0.2, 0) is 6.42 Å². The minimum absolute atomic E-state index is 0.396. The van der Waals surface area contributed by atoms with Crippen molar-refractivity contribution in [1.29, 1.82) is 0 Å². The predicted octanol–water partition coefficient (Wildman–Crippen LogP) is 5.53. The first-order chi connectivity index (χ1) is 9.60. The molecule has 1 aromatic carbocycles. The van der Waals surface area contributed by atoms with Gasteiger partial charge in [0.2, 0.25) is 0 Å². The van der Waals surface area contributed by atoms with E-state index in [2.05, 4.69) is 77.7 Å². The Bertz CT molecular complexity index is 530. The Morgan fingerprint density at radius 3 is 2.35 bits per heavy atom. The molecule has 1 nitrogen and oxygen atoms in total. The van der Waals surface area contributed by atoms with Gasteiger partial charge in [-0.1, -0.05) is 45.0 Å². The van der Waals surface area contributed by atoms with Crippen molar-refractivity contribution >= 4 is 27.3 Å². The molecular formula is C17H22BrNS. The maximum Gasteiger partial charge on any atom is 0.0701 e. The van der Waals surface area contributed by atoms with Crippen LogP contribution in [0.25, 0.3) is 0 Å². The molecule has 0 saturated heterocycles. The molecule has 0 bridgehead atoms. The summed E-state index contributed by atoms with van der Waals surface area (Å²) >= 11 is 5.31. The van der Waals surface area contributed by atoms with Gasteiger partial charge in [0.25, 0.3) is 0 Å². The number of hydrogen-bond donors (Lipinski definition) is 1. The van der Waals surface area contributed by atoms with Crippen molar-refractivity contribution in [2.24, 2.45) is 0 Å². The molecule has 2 aromatic rings. The van der Waals surface area contributed by atoms with Gasteiger partial charge in [-0.25, -0.2) is 0 Å². The minimum Gasteiger partial charge on any atom is -0.310 e. The molecule has 3 heteroatoms. The Morgan fingerprint density at radius 1 is 1.15 bits per heavy atom. The van der Waals surface area contributed by atoms with E-state index in [-0.39, 0.29) is 0 Å². The molecule has 0 spiro atoms. The van der Waals surface area contributed by atoms with Crippen LogP contribution in [-0.4, -0.2) is 6.54 Å². The standard InChI is InChI=1S/C17H22BrNS/c1-4-19-16(15-10-17(18)20-11-15)9-13-5-7-14(8-6-13)12(2)3/h5-8,10-12,16,19H,4,9H2,1-3H3. The van der Waals surface area contributed by atoms with Crippen LogP contribution >= 0.6 is 27.3 Å². The van der Waals surface area contributed by atoms with E-state index in [1.54, 1.807) is 11.3 Å². The van der Waals surface area contributed by atoms with E-state index in [0.29, 0.717) is 12.0 Å². The molecule has 1 atom stereocenters. The molecular weight excluding hydrogens is 330 g/mol. The molecule has 0 aliphatic rings. The van der Waals surface area contributed by atoms with Crippen molar-refractivity contribution < 1.29 is 0 Å². The van der Waals surface area contributed by atoms with Crippen LogP contribution in [0.3, 0.4) is 0 Å². The van der Waals surface area contributed by atoms with Gasteiger partial charge in [0.15, 0.2) is 0 Å². The number of thiophene rings is 1. The highest BCUT2D eigenvalue weighted by molar-refractivity contribution is 9.11. The molecule has 1 N–H and O–H groups in total. The maximum atomic E-state index is 3.58. The van der Waals surface area contributed by atoms with E-state index >= 15 is 0 Å². The van der Waals surface area contributed by atoms with Gasteiger partial charge in [-0.2, -0.15) is 0 Å². The van der Waals surface area contributed by atoms with Crippen molar-refractivity contribution in [3.63, 3.8) is 0 Å². The summed E-state index contributed by atoms with van der Waals surface area (Å²) in [4.78, 5) is 0. The molecule has 0 radical (unpaired) electrons. The third-order valence-electron chi connectivity index (χ3n) is 3.53. The van der Waals surface area contributed by atoms with Crippen LogP contribution < -0.4 is 5.32 Å². The Morgan fingerprint density at radius 2 is 1.85 bits per heavy atom. The van der Waals surface area contributed by atoms with Crippen LogP contribution in [0.2, 0.25) is 0 Å². The third kappa shape index (κ3) is 4.18. The van der Waals surface area contributed by atoms with Gasteiger partial charge in [-0.05, 0) is 63.0 Å². The molecule has 0 aliphatic heterocycles. The van der Waals surface area contributed by atoms with Gasteiger partial charge in [0.1, 0.15) is 0 Å². The minimum atomic E-state index is 0.396. The lowest BCUT2D eigenvalue weighted by Gasteiger charge is -2.17. The third-order valence-corrected chi connectivity index (χ3v) is 5.05. The Hall–Kier alpha value is -0.640. The summed E-state index contributed by atoms with van der Waals surface area (Å²) in [5.74, 6) is 0.599. The zero-order valence-electron chi connectivity index (χ0n) is 12.3. The van der Waals surface area contributed by atoms with Gasteiger partial charge in [-0.15, -0.1) is 11.3 Å². The molecule has 0 aliphatic carbocycles. The van der Waals surface area contributed by atoms with Crippen LogP contribution in [0.1, 0.15) is 49.4 Å². The first kappa shape index (κ1) is 15.7. The summed E-state index contributed by atoms with van der Waals surface area (Å²) in [6, 6.07) is 11.7. The molecule has 1 heterocycles. The second-order valence-electron chi connectivity index (χ2n) is 5.39. The van der Waals surface area contributed by atoms with Gasteiger partial charge in [0.05, 0.1) is 3.79 Å². The molecule has 0 fully saturated rings. The highest BCUT2D eigenvalue weighted by atomic mass is 79.9. The van der Waals surface area contributed by atoms with E-state index in [1.165, 1.54) is 20.5 Å². The fourth-order valence-electron chi connectivity index (χ4n) is 2.33. The number of likely N-dealkylation sites (N-methyl/N-ethyl adjacent to an activating group) is 1. The van der Waals surface area contributed by atoms with Crippen molar-refractivity contribution in [2.45, 2.75) is 39.2 Å².